The molecule has 1 N–H and O–H groups in total. The summed E-state index contributed by atoms with van der Waals surface area (Å²) in [6, 6.07) is 4.48. The molecule has 2 amide bonds. The minimum Gasteiger partial charge on any atom is -0.323 e. The summed E-state index contributed by atoms with van der Waals surface area (Å²) < 4.78 is 107. The van der Waals surface area contributed by atoms with Gasteiger partial charge in [0.1, 0.15) is 18.2 Å². The molecule has 1 aliphatic rings. The number of rotatable bonds is 6. The van der Waals surface area contributed by atoms with Gasteiger partial charge in [0.05, 0.1) is 11.1 Å². The lowest BCUT2D eigenvalue weighted by Crippen LogP contribution is -2.63. The van der Waals surface area contributed by atoms with Gasteiger partial charge in [0, 0.05) is 26.7 Å². The fourth-order valence-electron chi connectivity index (χ4n) is 4.80. The molecule has 0 aromatic heterocycles. The molecule has 2 aromatic rings. The SMILES string of the molecule is Cc1cc(F)ccc1[C@@]1(NCCF)CCCCN1C(=O)N(C)Cc1cc(C(F)(F)F)cc(C(F)(F)F)c1. The Labute approximate surface area is 209 Å². The number of aryl methyl sites for hydroxylation is 1. The molecular formula is C25H27F8N3O. The number of halogens is 8. The quantitative estimate of drug-likeness (QED) is 0.421. The molecule has 1 saturated heterocycles. The van der Waals surface area contributed by atoms with Crippen LogP contribution in [0.1, 0.15) is 47.1 Å². The maximum Gasteiger partial charge on any atom is 0.416 e. The third-order valence-electron chi connectivity index (χ3n) is 6.40. The maximum atomic E-state index is 13.8. The number of carbonyl (C=O) groups is 1. The van der Waals surface area contributed by atoms with E-state index >= 15 is 0 Å². The van der Waals surface area contributed by atoms with E-state index in [0.717, 1.165) is 4.90 Å². The van der Waals surface area contributed by atoms with Crippen LogP contribution < -0.4 is 5.32 Å². The highest BCUT2D eigenvalue weighted by Gasteiger charge is 2.45. The third kappa shape index (κ3) is 6.34. The number of alkyl halides is 7. The van der Waals surface area contributed by atoms with Crippen LogP contribution in [0.15, 0.2) is 36.4 Å². The topological polar surface area (TPSA) is 35.6 Å². The van der Waals surface area contributed by atoms with Crippen LogP contribution in [-0.4, -0.2) is 42.6 Å². The van der Waals surface area contributed by atoms with Gasteiger partial charge < -0.3 is 9.80 Å². The molecule has 1 heterocycles. The molecule has 0 saturated carbocycles. The Balaban J connectivity index is 1.99. The summed E-state index contributed by atoms with van der Waals surface area (Å²) in [5.74, 6) is -0.502. The molecule has 3 rings (SSSR count). The van der Waals surface area contributed by atoms with Gasteiger partial charge in [-0.05, 0) is 73.2 Å². The van der Waals surface area contributed by atoms with Gasteiger partial charge >= 0.3 is 18.4 Å². The number of nitrogens with one attached hydrogen (secondary N) is 1. The summed E-state index contributed by atoms with van der Waals surface area (Å²) in [5, 5.41) is 3.05. The summed E-state index contributed by atoms with van der Waals surface area (Å²) in [6.07, 6.45) is -8.47. The molecular weight excluding hydrogens is 510 g/mol. The normalized spacial score (nSPS) is 18.7. The number of piperidine rings is 1. The molecule has 0 aliphatic carbocycles. The highest BCUT2D eigenvalue weighted by molar-refractivity contribution is 5.75. The lowest BCUT2D eigenvalue weighted by atomic mass is 9.85. The molecule has 12 heteroatoms. The van der Waals surface area contributed by atoms with E-state index in [4.69, 9.17) is 0 Å². The summed E-state index contributed by atoms with van der Waals surface area (Å²) in [4.78, 5) is 16.0. The Kier molecular flexibility index (Phi) is 8.40. The molecule has 1 aliphatic heterocycles. The van der Waals surface area contributed by atoms with E-state index in [2.05, 4.69) is 5.32 Å². The Hall–Kier alpha value is -2.89. The molecule has 0 radical (unpaired) electrons. The van der Waals surface area contributed by atoms with Crippen molar-refractivity contribution in [3.05, 3.63) is 70.0 Å². The van der Waals surface area contributed by atoms with Crippen molar-refractivity contribution in [2.24, 2.45) is 0 Å². The zero-order valence-electron chi connectivity index (χ0n) is 20.2. The van der Waals surface area contributed by atoms with Crippen LogP contribution in [0.2, 0.25) is 0 Å². The second-order valence-electron chi connectivity index (χ2n) is 9.10. The van der Waals surface area contributed by atoms with Crippen molar-refractivity contribution < 1.29 is 39.9 Å². The van der Waals surface area contributed by atoms with Crippen molar-refractivity contribution in [1.82, 2.24) is 15.1 Å². The number of hydrogen-bond donors (Lipinski definition) is 1. The van der Waals surface area contributed by atoms with E-state index in [1.54, 1.807) is 6.92 Å². The molecule has 1 atom stereocenters. The molecule has 0 spiro atoms. The Morgan fingerprint density at radius 2 is 1.65 bits per heavy atom. The van der Waals surface area contributed by atoms with E-state index in [-0.39, 0.29) is 24.7 Å². The highest BCUT2D eigenvalue weighted by atomic mass is 19.4. The van der Waals surface area contributed by atoms with Crippen LogP contribution in [0.5, 0.6) is 0 Å². The van der Waals surface area contributed by atoms with Gasteiger partial charge in [0.15, 0.2) is 0 Å². The first-order chi connectivity index (χ1) is 17.2. The van der Waals surface area contributed by atoms with Crippen LogP contribution in [0.25, 0.3) is 0 Å². The second kappa shape index (κ2) is 10.8. The second-order valence-corrected chi connectivity index (χ2v) is 9.10. The van der Waals surface area contributed by atoms with E-state index in [0.29, 0.717) is 42.5 Å². The van der Waals surface area contributed by atoms with Gasteiger partial charge in [-0.25, -0.2) is 13.6 Å². The molecule has 2 aromatic carbocycles. The largest absolute Gasteiger partial charge is 0.416 e. The Morgan fingerprint density at radius 3 is 2.19 bits per heavy atom. The number of likely N-dealkylation sites (tertiary alicyclic amines) is 1. The van der Waals surface area contributed by atoms with Crippen molar-refractivity contribution in [3.8, 4) is 0 Å². The zero-order valence-corrected chi connectivity index (χ0v) is 20.2. The summed E-state index contributed by atoms with van der Waals surface area (Å²) in [5.41, 5.74) is -3.51. The molecule has 1 fully saturated rings. The van der Waals surface area contributed by atoms with Crippen LogP contribution in [0, 0.1) is 12.7 Å². The zero-order chi connectivity index (χ0) is 27.6. The predicted octanol–water partition coefficient (Wildman–Crippen LogP) is 6.62. The number of hydrogen-bond acceptors (Lipinski definition) is 2. The minimum atomic E-state index is -5.02. The van der Waals surface area contributed by atoms with E-state index < -0.39 is 54.2 Å². The predicted molar refractivity (Wildman–Crippen MR) is 121 cm³/mol. The van der Waals surface area contributed by atoms with Crippen LogP contribution in [-0.2, 0) is 24.6 Å². The lowest BCUT2D eigenvalue weighted by Gasteiger charge is -2.49. The first-order valence-electron chi connectivity index (χ1n) is 11.6. The number of nitrogens with zero attached hydrogens (tertiary/aromatic N) is 2. The fraction of sp³-hybridized carbons (Fsp3) is 0.480. The van der Waals surface area contributed by atoms with Gasteiger partial charge in [0.25, 0.3) is 0 Å². The van der Waals surface area contributed by atoms with Gasteiger partial charge in [-0.15, -0.1) is 0 Å². The number of benzene rings is 2. The number of carbonyl (C=O) groups excluding carboxylic acids is 1. The van der Waals surface area contributed by atoms with Crippen LogP contribution in [0.4, 0.5) is 39.9 Å². The lowest BCUT2D eigenvalue weighted by molar-refractivity contribution is -0.143. The van der Waals surface area contributed by atoms with Crippen LogP contribution >= 0.6 is 0 Å². The standard InChI is InChI=1S/C25H27F8N3O/c1-16-11-20(27)5-6-21(16)23(34-9-8-26)7-3-4-10-36(23)22(37)35(2)15-17-12-18(24(28,29)30)14-19(13-17)25(31,32)33/h5-6,11-14,34H,3-4,7-10,15H2,1-2H3/t23-/m1/s1. The van der Waals surface area contributed by atoms with E-state index in [1.165, 1.54) is 30.1 Å². The van der Waals surface area contributed by atoms with Crippen LogP contribution in [0.3, 0.4) is 0 Å². The van der Waals surface area contributed by atoms with Gasteiger partial charge in [-0.2, -0.15) is 26.3 Å². The number of urea groups is 1. The van der Waals surface area contributed by atoms with Crippen molar-refractivity contribution in [1.29, 1.82) is 0 Å². The van der Waals surface area contributed by atoms with E-state index in [1.807, 2.05) is 0 Å². The molecule has 204 valence electrons. The average molecular weight is 537 g/mol. The third-order valence-corrected chi connectivity index (χ3v) is 6.40. The van der Waals surface area contributed by atoms with Gasteiger partial charge in [0.2, 0.25) is 0 Å². The minimum absolute atomic E-state index is 0.0270. The first-order valence-corrected chi connectivity index (χ1v) is 11.6. The molecule has 4 nitrogen and oxygen atoms in total. The van der Waals surface area contributed by atoms with Crippen molar-refractivity contribution in [2.45, 2.75) is 50.7 Å². The van der Waals surface area contributed by atoms with Gasteiger partial charge in [-0.1, -0.05) is 6.07 Å². The van der Waals surface area contributed by atoms with Crippen molar-refractivity contribution in [3.63, 3.8) is 0 Å². The first kappa shape index (κ1) is 28.7. The molecule has 37 heavy (non-hydrogen) atoms. The maximum absolute atomic E-state index is 13.8. The average Bonchev–Trinajstić information content (AvgIpc) is 2.81. The van der Waals surface area contributed by atoms with Gasteiger partial charge in [-0.3, -0.25) is 5.32 Å². The summed E-state index contributed by atoms with van der Waals surface area (Å²) in [7, 11) is 1.27. The van der Waals surface area contributed by atoms with Crippen molar-refractivity contribution >= 4 is 6.03 Å². The molecule has 0 bridgehead atoms. The smallest absolute Gasteiger partial charge is 0.323 e. The van der Waals surface area contributed by atoms with E-state index in [9.17, 15) is 39.9 Å². The monoisotopic (exact) mass is 537 g/mol. The summed E-state index contributed by atoms with van der Waals surface area (Å²) >= 11 is 0. The van der Waals surface area contributed by atoms with Crippen molar-refractivity contribution in [2.75, 3.05) is 26.8 Å². The Morgan fingerprint density at radius 1 is 1.03 bits per heavy atom. The Bertz CT molecular complexity index is 1090. The molecule has 0 unspecified atom stereocenters. The number of amides is 2. The summed E-state index contributed by atoms with van der Waals surface area (Å²) in [6.45, 7) is 0.399. The highest BCUT2D eigenvalue weighted by Crippen LogP contribution is 2.39. The fourth-order valence-corrected chi connectivity index (χ4v) is 4.80.